The quantitative estimate of drug-likeness (QED) is 0.579. The third-order valence-corrected chi connectivity index (χ3v) is 4.32. The Labute approximate surface area is 163 Å². The van der Waals surface area contributed by atoms with Crippen LogP contribution in [0.25, 0.3) is 5.65 Å². The molecule has 1 aliphatic rings. The molecule has 1 amide bonds. The Kier molecular flexibility index (Phi) is 5.18. The summed E-state index contributed by atoms with van der Waals surface area (Å²) in [7, 11) is 0. The topological polar surface area (TPSA) is 110 Å². The second-order valence-corrected chi connectivity index (χ2v) is 8.29. The fraction of sp³-hybridized carbons (Fsp3) is 0.579. The van der Waals surface area contributed by atoms with Gasteiger partial charge in [-0.1, -0.05) is 25.9 Å². The van der Waals surface area contributed by atoms with Crippen LogP contribution in [0.15, 0.2) is 16.0 Å². The lowest BCUT2D eigenvalue weighted by Crippen LogP contribution is -2.37. The van der Waals surface area contributed by atoms with Crippen molar-refractivity contribution in [3.05, 3.63) is 27.7 Å². The van der Waals surface area contributed by atoms with Crippen LogP contribution >= 0.6 is 0 Å². The average molecular weight is 389 g/mol. The van der Waals surface area contributed by atoms with E-state index in [1.807, 2.05) is 27.7 Å². The second-order valence-electron chi connectivity index (χ2n) is 8.29. The van der Waals surface area contributed by atoms with Crippen LogP contribution in [-0.2, 0) is 11.4 Å². The van der Waals surface area contributed by atoms with Gasteiger partial charge in [0.15, 0.2) is 5.56 Å². The van der Waals surface area contributed by atoms with Crippen molar-refractivity contribution in [1.29, 1.82) is 0 Å². The van der Waals surface area contributed by atoms with Gasteiger partial charge in [0.05, 0.1) is 0 Å². The summed E-state index contributed by atoms with van der Waals surface area (Å²) in [5.74, 6) is -1.05. The predicted molar refractivity (Wildman–Crippen MR) is 105 cm³/mol. The number of nitrogens with one attached hydrogen (secondary N) is 1. The summed E-state index contributed by atoms with van der Waals surface area (Å²) in [6.07, 6.45) is 1.76. The van der Waals surface area contributed by atoms with Crippen LogP contribution in [0.1, 0.15) is 63.5 Å². The first-order chi connectivity index (χ1) is 13.1. The Balaban J connectivity index is 2.21. The van der Waals surface area contributed by atoms with E-state index in [9.17, 15) is 14.7 Å². The smallest absolute Gasteiger partial charge is 0.270 e. The normalized spacial score (nSPS) is 15.1. The van der Waals surface area contributed by atoms with Crippen molar-refractivity contribution in [2.45, 2.75) is 60.0 Å². The number of aromatic nitrogens is 3. The van der Waals surface area contributed by atoms with Gasteiger partial charge in [0, 0.05) is 18.7 Å². The van der Waals surface area contributed by atoms with Crippen molar-refractivity contribution in [2.75, 3.05) is 6.61 Å². The van der Waals surface area contributed by atoms with Gasteiger partial charge in [-0.15, -0.1) is 0 Å². The zero-order valence-corrected chi connectivity index (χ0v) is 16.9. The Bertz CT molecular complexity index is 992. The lowest BCUT2D eigenvalue weighted by molar-refractivity contribution is 0.0944. The summed E-state index contributed by atoms with van der Waals surface area (Å²) in [6, 6.07) is 1.72. The van der Waals surface area contributed by atoms with Gasteiger partial charge in [0.25, 0.3) is 11.5 Å². The predicted octanol–water partition coefficient (Wildman–Crippen LogP) is 1.90. The zero-order chi connectivity index (χ0) is 20.6. The van der Waals surface area contributed by atoms with Crippen LogP contribution in [0.4, 0.5) is 0 Å². The molecule has 2 aromatic rings. The molecule has 28 heavy (non-hydrogen) atoms. The van der Waals surface area contributed by atoms with Gasteiger partial charge < -0.3 is 15.3 Å². The minimum atomic E-state index is -0.577. The molecular formula is C19H27N5O4. The highest BCUT2D eigenvalue weighted by Crippen LogP contribution is 2.24. The highest BCUT2D eigenvalue weighted by Gasteiger charge is 2.30. The van der Waals surface area contributed by atoms with Crippen molar-refractivity contribution in [3.8, 4) is 5.88 Å². The number of carbonyl (C=O) groups is 1. The number of nitrogens with zero attached hydrogens (tertiary/aromatic N) is 4. The third kappa shape index (κ3) is 4.02. The molecule has 2 heterocycles. The number of amides is 1. The van der Waals surface area contributed by atoms with E-state index in [1.54, 1.807) is 13.0 Å². The average Bonchev–Trinajstić information content (AvgIpc) is 3.29. The second kappa shape index (κ2) is 7.29. The summed E-state index contributed by atoms with van der Waals surface area (Å²) >= 11 is 0. The molecule has 9 nitrogen and oxygen atoms in total. The van der Waals surface area contributed by atoms with Gasteiger partial charge in [0.1, 0.15) is 23.7 Å². The molecule has 0 spiro atoms. The van der Waals surface area contributed by atoms with E-state index in [1.165, 1.54) is 9.08 Å². The maximum atomic E-state index is 13.1. The maximum absolute atomic E-state index is 13.1. The van der Waals surface area contributed by atoms with Gasteiger partial charge in [-0.25, -0.2) is 0 Å². The number of hydrogen-bond donors (Lipinski definition) is 2. The van der Waals surface area contributed by atoms with E-state index in [0.717, 1.165) is 12.8 Å². The molecule has 9 heteroatoms. The van der Waals surface area contributed by atoms with Crippen LogP contribution in [0, 0.1) is 5.41 Å². The molecule has 0 aliphatic heterocycles. The van der Waals surface area contributed by atoms with Crippen LogP contribution in [0.5, 0.6) is 5.88 Å². The summed E-state index contributed by atoms with van der Waals surface area (Å²) in [5.41, 5.74) is 0.280. The summed E-state index contributed by atoms with van der Waals surface area (Å²) in [6.45, 7) is 10.3. The molecule has 3 rings (SSSR count). The Hall–Kier alpha value is -2.84. The van der Waals surface area contributed by atoms with E-state index >= 15 is 0 Å². The van der Waals surface area contributed by atoms with E-state index in [2.05, 4.69) is 15.6 Å². The lowest BCUT2D eigenvalue weighted by Gasteiger charge is -2.21. The van der Waals surface area contributed by atoms with Gasteiger partial charge >= 0.3 is 0 Å². The molecule has 0 bridgehead atoms. The molecule has 0 aromatic carbocycles. The largest absolute Gasteiger partial charge is 0.492 e. The zero-order valence-electron chi connectivity index (χ0n) is 16.9. The summed E-state index contributed by atoms with van der Waals surface area (Å²) < 4.78 is 2.70. The van der Waals surface area contributed by atoms with Crippen LogP contribution in [0.3, 0.4) is 0 Å². The van der Waals surface area contributed by atoms with Gasteiger partial charge in [-0.3, -0.25) is 14.2 Å². The number of hydrogen-bond acceptors (Lipinski definition) is 6. The Morgan fingerprint density at radius 1 is 1.43 bits per heavy atom. The fourth-order valence-electron chi connectivity index (χ4n) is 2.86. The third-order valence-electron chi connectivity index (χ3n) is 4.32. The monoisotopic (exact) mass is 389 g/mol. The SMILES string of the molecule is CCO/N=C(\C)c1cc2n(CC(C)(C)C)c(=O)c(C(=O)NC3CC3)c(O)n2n1. The first-order valence-corrected chi connectivity index (χ1v) is 9.45. The van der Waals surface area contributed by atoms with Crippen molar-refractivity contribution < 1.29 is 14.7 Å². The number of oxime groups is 1. The first kappa shape index (κ1) is 19.9. The molecular weight excluding hydrogens is 362 g/mol. The van der Waals surface area contributed by atoms with Gasteiger partial charge in [-0.2, -0.15) is 9.61 Å². The standard InChI is InChI=1S/C19H27N5O4/c1-6-28-22-11(2)13-9-14-23(10-19(3,4)5)17(26)15(18(27)24(14)21-13)16(25)20-12-7-8-12/h9,12,27H,6-8,10H2,1-5H3,(H,20,25)/b22-11+. The maximum Gasteiger partial charge on any atom is 0.270 e. The van der Waals surface area contributed by atoms with Gasteiger partial charge in [-0.05, 0) is 32.1 Å². The number of fused-ring (bicyclic) bond motifs is 1. The van der Waals surface area contributed by atoms with Crippen molar-refractivity contribution in [2.24, 2.45) is 10.6 Å². The molecule has 1 saturated carbocycles. The van der Waals surface area contributed by atoms with Crippen molar-refractivity contribution >= 4 is 17.3 Å². The summed E-state index contributed by atoms with van der Waals surface area (Å²) in [5, 5.41) is 21.8. The minimum Gasteiger partial charge on any atom is -0.492 e. The number of carbonyl (C=O) groups excluding carboxylic acids is 1. The molecule has 0 atom stereocenters. The minimum absolute atomic E-state index is 0.0619. The molecule has 1 aliphatic carbocycles. The van der Waals surface area contributed by atoms with E-state index in [0.29, 0.717) is 30.2 Å². The summed E-state index contributed by atoms with van der Waals surface area (Å²) in [4.78, 5) is 30.8. The first-order valence-electron chi connectivity index (χ1n) is 9.45. The van der Waals surface area contributed by atoms with Crippen molar-refractivity contribution in [1.82, 2.24) is 19.5 Å². The van der Waals surface area contributed by atoms with Gasteiger partial charge in [0.2, 0.25) is 5.88 Å². The Morgan fingerprint density at radius 3 is 2.68 bits per heavy atom. The lowest BCUT2D eigenvalue weighted by atomic mass is 9.97. The number of rotatable bonds is 6. The fourth-order valence-corrected chi connectivity index (χ4v) is 2.86. The molecule has 0 saturated heterocycles. The van der Waals surface area contributed by atoms with Crippen LogP contribution in [-0.4, -0.2) is 43.6 Å². The van der Waals surface area contributed by atoms with Crippen molar-refractivity contribution in [3.63, 3.8) is 0 Å². The van der Waals surface area contributed by atoms with E-state index < -0.39 is 17.3 Å². The molecule has 2 N–H and O–H groups in total. The molecule has 1 fully saturated rings. The molecule has 0 unspecified atom stereocenters. The highest BCUT2D eigenvalue weighted by atomic mass is 16.6. The molecule has 152 valence electrons. The van der Waals surface area contributed by atoms with Crippen LogP contribution < -0.4 is 10.9 Å². The number of aromatic hydroxyl groups is 1. The van der Waals surface area contributed by atoms with E-state index in [-0.39, 0.29) is 17.0 Å². The van der Waals surface area contributed by atoms with E-state index in [4.69, 9.17) is 4.84 Å². The molecule has 2 aromatic heterocycles. The highest BCUT2D eigenvalue weighted by molar-refractivity contribution is 5.98. The van der Waals surface area contributed by atoms with Crippen LogP contribution in [0.2, 0.25) is 0 Å². The Morgan fingerprint density at radius 2 is 2.11 bits per heavy atom. The molecule has 0 radical (unpaired) electrons.